The smallest absolute Gasteiger partial charge is 0.0328 e. The van der Waals surface area contributed by atoms with Crippen LogP contribution in [-0.4, -0.2) is 0 Å². The van der Waals surface area contributed by atoms with Gasteiger partial charge in [0.25, 0.3) is 0 Å². The fraction of sp³-hybridized carbons (Fsp3) is 0.929. The molecule has 14 heavy (non-hydrogen) atoms. The molecule has 0 fully saturated rings. The molecule has 0 nitrogen and oxygen atoms in total. The average Bonchev–Trinajstić information content (AvgIpc) is 2.09. The highest BCUT2D eigenvalue weighted by molar-refractivity contribution is 4.77. The van der Waals surface area contributed by atoms with E-state index in [0.717, 1.165) is 5.92 Å². The highest BCUT2D eigenvalue weighted by atomic mass is 14.2. The molecule has 0 aromatic carbocycles. The first-order chi connectivity index (χ1) is 6.48. The van der Waals surface area contributed by atoms with E-state index in [9.17, 15) is 0 Å². The second kappa shape index (κ2) is 7.31. The first-order valence-corrected chi connectivity index (χ1v) is 6.33. The zero-order valence-electron chi connectivity index (χ0n) is 10.7. The summed E-state index contributed by atoms with van der Waals surface area (Å²) in [4.78, 5) is 0. The number of rotatable bonds is 8. The monoisotopic (exact) mass is 197 g/mol. The lowest BCUT2D eigenvalue weighted by Gasteiger charge is -2.26. The van der Waals surface area contributed by atoms with E-state index < -0.39 is 0 Å². The van der Waals surface area contributed by atoms with Crippen molar-refractivity contribution in [2.75, 3.05) is 0 Å². The molecule has 0 spiro atoms. The molecule has 0 aliphatic carbocycles. The third-order valence-electron chi connectivity index (χ3n) is 3.32. The Balaban J connectivity index is 3.28. The van der Waals surface area contributed by atoms with Crippen LogP contribution >= 0.6 is 0 Å². The van der Waals surface area contributed by atoms with E-state index in [1.807, 2.05) is 0 Å². The molecule has 0 aromatic rings. The molecule has 1 radical (unpaired) electrons. The maximum absolute atomic E-state index is 4.20. The molecule has 1 atom stereocenters. The predicted molar refractivity (Wildman–Crippen MR) is 66.3 cm³/mol. The number of hydrogen-bond acceptors (Lipinski definition) is 0. The summed E-state index contributed by atoms with van der Waals surface area (Å²) in [6.07, 6.45) is 9.78. The Bertz CT molecular complexity index is 118. The molecule has 0 saturated heterocycles. The van der Waals surface area contributed by atoms with Gasteiger partial charge < -0.3 is 0 Å². The van der Waals surface area contributed by atoms with Crippen LogP contribution in [-0.2, 0) is 0 Å². The van der Waals surface area contributed by atoms with Crippen LogP contribution in [0.15, 0.2) is 0 Å². The molecule has 0 N–H and O–H groups in total. The van der Waals surface area contributed by atoms with E-state index in [0.29, 0.717) is 0 Å². The van der Waals surface area contributed by atoms with Crippen LogP contribution in [0.4, 0.5) is 0 Å². The number of unbranched alkanes of at least 4 members (excludes halogenated alkanes) is 5. The van der Waals surface area contributed by atoms with Crippen molar-refractivity contribution in [2.45, 2.75) is 72.6 Å². The van der Waals surface area contributed by atoms with E-state index >= 15 is 0 Å². The van der Waals surface area contributed by atoms with Gasteiger partial charge in [0.1, 0.15) is 0 Å². The van der Waals surface area contributed by atoms with Crippen LogP contribution in [0.5, 0.6) is 0 Å². The van der Waals surface area contributed by atoms with Gasteiger partial charge >= 0.3 is 0 Å². The van der Waals surface area contributed by atoms with E-state index in [2.05, 4.69) is 34.6 Å². The lowest BCUT2D eigenvalue weighted by atomic mass is 9.79. The van der Waals surface area contributed by atoms with Gasteiger partial charge in [-0.2, -0.15) is 0 Å². The molecule has 0 heterocycles. The summed E-state index contributed by atoms with van der Waals surface area (Å²) in [5.74, 6) is 0.758. The van der Waals surface area contributed by atoms with Crippen molar-refractivity contribution in [1.82, 2.24) is 0 Å². The minimum atomic E-state index is 0.253. The molecule has 0 aliphatic heterocycles. The van der Waals surface area contributed by atoms with Crippen LogP contribution in [0.1, 0.15) is 72.6 Å². The first kappa shape index (κ1) is 14.0. The van der Waals surface area contributed by atoms with Crippen LogP contribution < -0.4 is 0 Å². The Labute approximate surface area is 91.5 Å². The topological polar surface area (TPSA) is 0 Å². The van der Waals surface area contributed by atoms with Crippen molar-refractivity contribution >= 4 is 0 Å². The second-order valence-electron chi connectivity index (χ2n) is 5.45. The van der Waals surface area contributed by atoms with Crippen LogP contribution in [0.25, 0.3) is 0 Å². The van der Waals surface area contributed by atoms with Crippen molar-refractivity contribution in [2.24, 2.45) is 11.3 Å². The maximum Gasteiger partial charge on any atom is -0.0328 e. The normalized spacial score (nSPS) is 14.4. The lowest BCUT2D eigenvalue weighted by Crippen LogP contribution is -2.17. The van der Waals surface area contributed by atoms with Crippen molar-refractivity contribution in [3.05, 3.63) is 6.92 Å². The van der Waals surface area contributed by atoms with Gasteiger partial charge in [-0.05, 0) is 18.3 Å². The molecular formula is C14H29. The lowest BCUT2D eigenvalue weighted by molar-refractivity contribution is 0.277. The highest BCUT2D eigenvalue weighted by Gasteiger charge is 2.18. The minimum Gasteiger partial charge on any atom is -0.0654 e. The first-order valence-electron chi connectivity index (χ1n) is 6.33. The van der Waals surface area contributed by atoms with Crippen molar-refractivity contribution in [3.8, 4) is 0 Å². The Morgan fingerprint density at radius 2 is 1.50 bits per heavy atom. The summed E-state index contributed by atoms with van der Waals surface area (Å²) in [5, 5.41) is 0. The Hall–Kier alpha value is 0. The summed E-state index contributed by atoms with van der Waals surface area (Å²) in [5.41, 5.74) is 0.253. The highest BCUT2D eigenvalue weighted by Crippen LogP contribution is 2.29. The van der Waals surface area contributed by atoms with Gasteiger partial charge in [-0.25, -0.2) is 0 Å². The number of hydrogen-bond donors (Lipinski definition) is 0. The molecule has 0 amide bonds. The van der Waals surface area contributed by atoms with Gasteiger partial charge in [-0.1, -0.05) is 72.6 Å². The Morgan fingerprint density at radius 1 is 1.00 bits per heavy atom. The minimum absolute atomic E-state index is 0.253. The summed E-state index contributed by atoms with van der Waals surface area (Å²) in [6.45, 7) is 13.3. The van der Waals surface area contributed by atoms with E-state index in [1.54, 1.807) is 0 Å². The maximum atomic E-state index is 4.20. The summed E-state index contributed by atoms with van der Waals surface area (Å²) in [6, 6.07) is 0. The van der Waals surface area contributed by atoms with Gasteiger partial charge in [0.2, 0.25) is 0 Å². The van der Waals surface area contributed by atoms with Crippen LogP contribution in [0.3, 0.4) is 0 Å². The summed E-state index contributed by atoms with van der Waals surface area (Å²) < 4.78 is 0. The SMILES string of the molecule is [CH2]C(C)(C)C(C)CCCCCCCC. The fourth-order valence-electron chi connectivity index (χ4n) is 1.62. The average molecular weight is 197 g/mol. The molecule has 0 bridgehead atoms. The van der Waals surface area contributed by atoms with E-state index in [4.69, 9.17) is 0 Å². The van der Waals surface area contributed by atoms with E-state index in [1.165, 1.54) is 44.9 Å². The van der Waals surface area contributed by atoms with Gasteiger partial charge in [0.15, 0.2) is 0 Å². The zero-order valence-corrected chi connectivity index (χ0v) is 10.7. The Kier molecular flexibility index (Phi) is 7.31. The second-order valence-corrected chi connectivity index (χ2v) is 5.45. The molecule has 85 valence electrons. The molecule has 0 heteroatoms. The Morgan fingerprint density at radius 3 is 2.00 bits per heavy atom. The quantitative estimate of drug-likeness (QED) is 0.467. The molecular weight excluding hydrogens is 168 g/mol. The van der Waals surface area contributed by atoms with Crippen molar-refractivity contribution in [3.63, 3.8) is 0 Å². The largest absolute Gasteiger partial charge is 0.0654 e. The van der Waals surface area contributed by atoms with Crippen molar-refractivity contribution < 1.29 is 0 Å². The molecule has 1 unspecified atom stereocenters. The van der Waals surface area contributed by atoms with Gasteiger partial charge in [0.05, 0.1) is 0 Å². The van der Waals surface area contributed by atoms with Gasteiger partial charge in [-0.3, -0.25) is 0 Å². The van der Waals surface area contributed by atoms with Gasteiger partial charge in [0, 0.05) is 0 Å². The predicted octanol–water partition coefficient (Wildman–Crippen LogP) is 5.23. The van der Waals surface area contributed by atoms with Crippen LogP contribution in [0.2, 0.25) is 0 Å². The molecule has 0 rings (SSSR count). The van der Waals surface area contributed by atoms with Crippen molar-refractivity contribution in [1.29, 1.82) is 0 Å². The molecule has 0 saturated carbocycles. The summed E-state index contributed by atoms with van der Waals surface area (Å²) >= 11 is 0. The van der Waals surface area contributed by atoms with Crippen LogP contribution in [0, 0.1) is 18.3 Å². The van der Waals surface area contributed by atoms with Gasteiger partial charge in [-0.15, -0.1) is 0 Å². The standard InChI is InChI=1S/C14H29/c1-6-7-8-9-10-11-12-13(2)14(3,4)5/h13H,3,6-12H2,1-2,4-5H3. The molecule has 0 aliphatic rings. The van der Waals surface area contributed by atoms with E-state index in [-0.39, 0.29) is 5.41 Å². The third-order valence-corrected chi connectivity index (χ3v) is 3.32. The summed E-state index contributed by atoms with van der Waals surface area (Å²) in [7, 11) is 0. The molecule has 0 aromatic heterocycles. The fourth-order valence-corrected chi connectivity index (χ4v) is 1.62. The third kappa shape index (κ3) is 7.41. The zero-order chi connectivity index (χ0) is 11.0.